The van der Waals surface area contributed by atoms with Crippen LogP contribution in [0.5, 0.6) is 11.5 Å². The third-order valence-corrected chi connectivity index (χ3v) is 8.51. The Balaban J connectivity index is 1.54. The molecule has 3 aromatic carbocycles. The van der Waals surface area contributed by atoms with Crippen LogP contribution in [0.1, 0.15) is 56.3 Å². The molecule has 5 rings (SSSR count). The number of amides is 1. The second kappa shape index (κ2) is 11.6. The van der Waals surface area contributed by atoms with E-state index < -0.39 is 17.6 Å². The molecule has 43 heavy (non-hydrogen) atoms. The number of hydrogen-bond acceptors (Lipinski definition) is 7. The van der Waals surface area contributed by atoms with E-state index in [0.29, 0.717) is 56.3 Å². The van der Waals surface area contributed by atoms with Gasteiger partial charge >= 0.3 is 5.97 Å². The predicted molar refractivity (Wildman–Crippen MR) is 167 cm³/mol. The number of ether oxygens (including phenoxy) is 2. The lowest BCUT2D eigenvalue weighted by Crippen LogP contribution is -2.38. The molecule has 1 fully saturated rings. The van der Waals surface area contributed by atoms with Crippen molar-refractivity contribution < 1.29 is 29.0 Å². The molecule has 0 saturated heterocycles. The number of hydrogen-bond donors (Lipinski definition) is 2. The van der Waals surface area contributed by atoms with Crippen molar-refractivity contribution in [1.82, 2.24) is 0 Å². The molecular formula is C32H33Cl2N3O6. The van der Waals surface area contributed by atoms with Crippen LogP contribution in [0.2, 0.25) is 10.0 Å². The maximum absolute atomic E-state index is 14.5. The Bertz CT molecular complexity index is 1600. The summed E-state index contributed by atoms with van der Waals surface area (Å²) in [5.41, 5.74) is 2.47. The summed E-state index contributed by atoms with van der Waals surface area (Å²) in [4.78, 5) is 33.1. The van der Waals surface area contributed by atoms with E-state index in [2.05, 4.69) is 10.5 Å². The smallest absolute Gasteiger partial charge is 0.350 e. The molecular weight excluding hydrogens is 593 g/mol. The topological polar surface area (TPSA) is 110 Å². The first-order chi connectivity index (χ1) is 20.4. The first-order valence-electron chi connectivity index (χ1n) is 13.7. The Hall–Kier alpha value is -3.95. The lowest BCUT2D eigenvalue weighted by atomic mass is 9.98. The summed E-state index contributed by atoms with van der Waals surface area (Å²) in [7, 11) is 3.09. The highest BCUT2D eigenvalue weighted by molar-refractivity contribution is 6.33. The zero-order valence-electron chi connectivity index (χ0n) is 24.5. The first-order valence-corrected chi connectivity index (χ1v) is 14.5. The van der Waals surface area contributed by atoms with E-state index in [-0.39, 0.29) is 11.3 Å². The lowest BCUT2D eigenvalue weighted by molar-refractivity contribution is -0.161. The molecule has 226 valence electrons. The molecule has 9 nitrogen and oxygen atoms in total. The van der Waals surface area contributed by atoms with Gasteiger partial charge in [-0.1, -0.05) is 46.6 Å². The standard InChI is InChI=1S/C32H33Cl2N3O6/c1-18(36-43-31(2,3)30(39)40)20-14-22(16-23(15-20)41-4)35-26(19-6-8-21(33)9-7-19)29(38)37-17-32(12-13-32)24-10-11-25(34)28(42-5)27(24)37/h6-11,14-16,26,35H,12-13,17H2,1-5H3,(H,39,40). The molecule has 1 spiro atoms. The van der Waals surface area contributed by atoms with Gasteiger partial charge in [0.25, 0.3) is 5.91 Å². The fraction of sp³-hybridized carbons (Fsp3) is 0.344. The number of fused-ring (bicyclic) bond motifs is 2. The summed E-state index contributed by atoms with van der Waals surface area (Å²) in [5.74, 6) is -0.345. The number of carbonyl (C=O) groups excluding carboxylic acids is 1. The predicted octanol–water partition coefficient (Wildman–Crippen LogP) is 6.85. The number of oxime groups is 1. The minimum Gasteiger partial charge on any atom is -0.497 e. The summed E-state index contributed by atoms with van der Waals surface area (Å²) < 4.78 is 11.2. The molecule has 11 heteroatoms. The van der Waals surface area contributed by atoms with Gasteiger partial charge in [0.05, 0.1) is 30.6 Å². The van der Waals surface area contributed by atoms with E-state index in [1.807, 2.05) is 24.3 Å². The van der Waals surface area contributed by atoms with Gasteiger partial charge in [0.2, 0.25) is 5.60 Å². The van der Waals surface area contributed by atoms with Crippen LogP contribution in [0.15, 0.2) is 59.8 Å². The van der Waals surface area contributed by atoms with Gasteiger partial charge in [-0.15, -0.1) is 0 Å². The number of benzene rings is 3. The number of carboxylic acid groups (broad SMARTS) is 1. The van der Waals surface area contributed by atoms with Gasteiger partial charge in [-0.2, -0.15) is 0 Å². The van der Waals surface area contributed by atoms with Gasteiger partial charge in [-0.3, -0.25) is 4.79 Å². The van der Waals surface area contributed by atoms with Crippen LogP contribution in [0.25, 0.3) is 0 Å². The lowest BCUT2D eigenvalue weighted by Gasteiger charge is -2.27. The highest BCUT2D eigenvalue weighted by Gasteiger charge is 2.55. The second-order valence-electron chi connectivity index (χ2n) is 11.3. The number of rotatable bonds is 10. The average molecular weight is 627 g/mol. The van der Waals surface area contributed by atoms with Gasteiger partial charge in [0, 0.05) is 34.3 Å². The Morgan fingerprint density at radius 2 is 1.74 bits per heavy atom. The van der Waals surface area contributed by atoms with E-state index in [1.165, 1.54) is 21.0 Å². The third kappa shape index (κ3) is 5.96. The fourth-order valence-corrected chi connectivity index (χ4v) is 5.57. The molecule has 3 aromatic rings. The molecule has 0 radical (unpaired) electrons. The summed E-state index contributed by atoms with van der Waals surface area (Å²) in [6.07, 6.45) is 1.96. The summed E-state index contributed by atoms with van der Waals surface area (Å²) >= 11 is 12.7. The Kier molecular flexibility index (Phi) is 8.24. The van der Waals surface area contributed by atoms with E-state index in [0.717, 1.165) is 18.4 Å². The number of nitrogens with zero attached hydrogens (tertiary/aromatic N) is 2. The van der Waals surface area contributed by atoms with Crippen LogP contribution >= 0.6 is 23.2 Å². The van der Waals surface area contributed by atoms with Gasteiger partial charge in [0.1, 0.15) is 11.8 Å². The van der Waals surface area contributed by atoms with Crippen molar-refractivity contribution in [2.45, 2.75) is 50.7 Å². The van der Waals surface area contributed by atoms with Crippen LogP contribution in [-0.4, -0.2) is 49.1 Å². The Labute approximate surface area is 260 Å². The maximum atomic E-state index is 14.5. The van der Waals surface area contributed by atoms with Crippen molar-refractivity contribution in [2.24, 2.45) is 5.16 Å². The van der Waals surface area contributed by atoms with Gasteiger partial charge in [-0.25, -0.2) is 4.79 Å². The molecule has 1 aliphatic heterocycles. The molecule has 2 aliphatic rings. The SMILES string of the molecule is COc1cc(NC(C(=O)N2CC3(CC3)c3ccc(Cl)c(OC)c32)c2ccc(Cl)cc2)cc(C(C)=NOC(C)(C)C(=O)O)c1. The minimum atomic E-state index is -1.51. The average Bonchev–Trinajstić information content (AvgIpc) is 3.70. The van der Waals surface area contributed by atoms with Gasteiger partial charge < -0.3 is 29.6 Å². The number of methoxy groups -OCH3 is 2. The van der Waals surface area contributed by atoms with Crippen LogP contribution in [0.3, 0.4) is 0 Å². The molecule has 1 atom stereocenters. The number of nitrogens with one attached hydrogen (secondary N) is 1. The summed E-state index contributed by atoms with van der Waals surface area (Å²) in [5, 5.41) is 17.8. The van der Waals surface area contributed by atoms with Crippen molar-refractivity contribution in [3.8, 4) is 11.5 Å². The normalized spacial score (nSPS) is 16.0. The zero-order chi connectivity index (χ0) is 31.1. The highest BCUT2D eigenvalue weighted by Crippen LogP contribution is 2.60. The Morgan fingerprint density at radius 3 is 2.35 bits per heavy atom. The summed E-state index contributed by atoms with van der Waals surface area (Å²) in [6.45, 7) is 5.05. The van der Waals surface area contributed by atoms with Crippen molar-refractivity contribution in [3.05, 3.63) is 81.3 Å². The quantitative estimate of drug-likeness (QED) is 0.187. The number of halogens is 2. The molecule has 1 aliphatic carbocycles. The molecule has 0 aromatic heterocycles. The number of carbonyl (C=O) groups is 2. The molecule has 1 unspecified atom stereocenters. The molecule has 1 saturated carbocycles. The first kappa shape index (κ1) is 30.5. The van der Waals surface area contributed by atoms with Gasteiger partial charge in [-0.05, 0) is 75.1 Å². The Morgan fingerprint density at radius 1 is 1.05 bits per heavy atom. The largest absolute Gasteiger partial charge is 0.497 e. The minimum absolute atomic E-state index is 0.103. The van der Waals surface area contributed by atoms with E-state index in [4.69, 9.17) is 37.5 Å². The second-order valence-corrected chi connectivity index (χ2v) is 12.2. The van der Waals surface area contributed by atoms with E-state index >= 15 is 0 Å². The van der Waals surface area contributed by atoms with Crippen LogP contribution in [0, 0.1) is 0 Å². The van der Waals surface area contributed by atoms with Crippen LogP contribution in [0.4, 0.5) is 11.4 Å². The van der Waals surface area contributed by atoms with Crippen molar-refractivity contribution in [3.63, 3.8) is 0 Å². The van der Waals surface area contributed by atoms with Crippen molar-refractivity contribution >= 4 is 52.2 Å². The van der Waals surface area contributed by atoms with Crippen molar-refractivity contribution in [1.29, 1.82) is 0 Å². The maximum Gasteiger partial charge on any atom is 0.350 e. The third-order valence-electron chi connectivity index (χ3n) is 7.96. The zero-order valence-corrected chi connectivity index (χ0v) is 26.0. The van der Waals surface area contributed by atoms with Gasteiger partial charge in [0.15, 0.2) is 5.75 Å². The molecule has 2 N–H and O–H groups in total. The van der Waals surface area contributed by atoms with Crippen LogP contribution in [-0.2, 0) is 19.8 Å². The molecule has 1 heterocycles. The number of aliphatic carboxylic acids is 1. The van der Waals surface area contributed by atoms with E-state index in [9.17, 15) is 14.7 Å². The highest BCUT2D eigenvalue weighted by atomic mass is 35.5. The molecule has 1 amide bonds. The van der Waals surface area contributed by atoms with Crippen LogP contribution < -0.4 is 19.7 Å². The number of carboxylic acids is 1. The monoisotopic (exact) mass is 625 g/mol. The summed E-state index contributed by atoms with van der Waals surface area (Å²) in [6, 6.07) is 15.4. The number of anilines is 2. The van der Waals surface area contributed by atoms with E-state index in [1.54, 1.807) is 49.3 Å². The van der Waals surface area contributed by atoms with Crippen molar-refractivity contribution in [2.75, 3.05) is 31.0 Å². The fourth-order valence-electron chi connectivity index (χ4n) is 5.22. The molecule has 0 bridgehead atoms.